The number of pyridine rings is 1. The maximum atomic E-state index is 12.0. The highest BCUT2D eigenvalue weighted by Gasteiger charge is 2.24. The third-order valence-electron chi connectivity index (χ3n) is 3.56. The zero-order chi connectivity index (χ0) is 14.6. The largest absolute Gasteiger partial charge is 0.478 e. The summed E-state index contributed by atoms with van der Waals surface area (Å²) in [5, 5.41) is 11.8. The minimum absolute atomic E-state index is 0.0495. The lowest BCUT2D eigenvalue weighted by molar-refractivity contribution is 0.0690. The van der Waals surface area contributed by atoms with Crippen molar-refractivity contribution in [1.29, 1.82) is 0 Å². The molecule has 0 saturated heterocycles. The normalized spacial score (nSPS) is 11.4. The highest BCUT2D eigenvalue weighted by atomic mass is 16.4. The molecule has 0 aromatic carbocycles. The van der Waals surface area contributed by atoms with Crippen molar-refractivity contribution >= 4 is 11.9 Å². The molecule has 0 spiro atoms. The Hall–Kier alpha value is -1.91. The number of carboxylic acids is 1. The fourth-order valence-electron chi connectivity index (χ4n) is 1.37. The summed E-state index contributed by atoms with van der Waals surface area (Å²) in [7, 11) is 0. The number of carbonyl (C=O) groups is 2. The number of carboxylic acid groups (broad SMARTS) is 1. The van der Waals surface area contributed by atoms with Gasteiger partial charge in [0, 0.05) is 18.9 Å². The van der Waals surface area contributed by atoms with Crippen molar-refractivity contribution in [1.82, 2.24) is 10.3 Å². The van der Waals surface area contributed by atoms with Crippen molar-refractivity contribution < 1.29 is 14.7 Å². The van der Waals surface area contributed by atoms with Crippen LogP contribution in [0.25, 0.3) is 0 Å². The Kier molecular flexibility index (Phi) is 4.64. The molecule has 1 amide bonds. The third-order valence-corrected chi connectivity index (χ3v) is 3.56. The van der Waals surface area contributed by atoms with Gasteiger partial charge in [-0.05, 0) is 17.4 Å². The van der Waals surface area contributed by atoms with Gasteiger partial charge in [0.15, 0.2) is 0 Å². The topological polar surface area (TPSA) is 79.3 Å². The molecule has 0 unspecified atom stereocenters. The fraction of sp³-hybridized carbons (Fsp3) is 0.500. The van der Waals surface area contributed by atoms with Crippen LogP contribution in [0.2, 0.25) is 0 Å². The average molecular weight is 264 g/mol. The van der Waals surface area contributed by atoms with Crippen molar-refractivity contribution in [2.75, 3.05) is 6.54 Å². The van der Waals surface area contributed by atoms with Gasteiger partial charge in [0.05, 0.1) is 11.1 Å². The molecule has 1 aromatic rings. The van der Waals surface area contributed by atoms with Gasteiger partial charge in [-0.2, -0.15) is 0 Å². The van der Waals surface area contributed by atoms with Crippen LogP contribution in [0.1, 0.15) is 48.4 Å². The van der Waals surface area contributed by atoms with Gasteiger partial charge < -0.3 is 10.4 Å². The molecule has 1 rings (SSSR count). The molecule has 104 valence electrons. The first-order valence-corrected chi connectivity index (χ1v) is 6.21. The highest BCUT2D eigenvalue weighted by Crippen LogP contribution is 2.24. The highest BCUT2D eigenvalue weighted by molar-refractivity contribution is 6.04. The van der Waals surface area contributed by atoms with Crippen LogP contribution in [0, 0.1) is 11.3 Å². The van der Waals surface area contributed by atoms with E-state index in [9.17, 15) is 9.59 Å². The molecule has 0 atom stereocenters. The van der Waals surface area contributed by atoms with Gasteiger partial charge in [-0.1, -0.05) is 27.7 Å². The van der Waals surface area contributed by atoms with Crippen LogP contribution in [-0.4, -0.2) is 28.5 Å². The lowest BCUT2D eigenvalue weighted by Gasteiger charge is -2.29. The summed E-state index contributed by atoms with van der Waals surface area (Å²) in [5.74, 6) is -1.13. The first kappa shape index (κ1) is 15.1. The molecule has 19 heavy (non-hydrogen) atoms. The van der Waals surface area contributed by atoms with E-state index in [0.717, 1.165) is 0 Å². The molecule has 0 aliphatic rings. The standard InChI is InChI=1S/C14H20N2O3/c1-9(2)14(3,4)8-16-12(17)10-5-6-15-7-11(10)13(18)19/h5-7,9H,8H2,1-4H3,(H,16,17)(H,18,19). The molecule has 0 aliphatic carbocycles. The Bertz CT molecular complexity index is 481. The summed E-state index contributed by atoms with van der Waals surface area (Å²) in [4.78, 5) is 26.8. The number of nitrogens with one attached hydrogen (secondary N) is 1. The van der Waals surface area contributed by atoms with Crippen molar-refractivity contribution in [2.24, 2.45) is 11.3 Å². The van der Waals surface area contributed by atoms with Crippen molar-refractivity contribution in [3.63, 3.8) is 0 Å². The monoisotopic (exact) mass is 264 g/mol. The van der Waals surface area contributed by atoms with E-state index in [0.29, 0.717) is 12.5 Å². The van der Waals surface area contributed by atoms with Crippen molar-refractivity contribution in [3.05, 3.63) is 29.6 Å². The van der Waals surface area contributed by atoms with Gasteiger partial charge >= 0.3 is 5.97 Å². The second-order valence-corrected chi connectivity index (χ2v) is 5.55. The van der Waals surface area contributed by atoms with Crippen LogP contribution in [0.4, 0.5) is 0 Å². The van der Waals surface area contributed by atoms with E-state index in [1.807, 2.05) is 0 Å². The van der Waals surface area contributed by atoms with Gasteiger partial charge in [-0.3, -0.25) is 9.78 Å². The average Bonchev–Trinajstić information content (AvgIpc) is 2.35. The summed E-state index contributed by atoms with van der Waals surface area (Å²) in [6.07, 6.45) is 2.60. The van der Waals surface area contributed by atoms with Gasteiger partial charge in [0.25, 0.3) is 5.91 Å². The quantitative estimate of drug-likeness (QED) is 0.854. The lowest BCUT2D eigenvalue weighted by atomic mass is 9.81. The summed E-state index contributed by atoms with van der Waals surface area (Å²) in [5.41, 5.74) is 0.0101. The predicted octanol–water partition coefficient (Wildman–Crippen LogP) is 2.19. The van der Waals surface area contributed by atoms with Crippen LogP contribution < -0.4 is 5.32 Å². The van der Waals surface area contributed by atoms with Crippen LogP contribution in [-0.2, 0) is 0 Å². The van der Waals surface area contributed by atoms with E-state index in [4.69, 9.17) is 5.11 Å². The number of carbonyl (C=O) groups excluding carboxylic acids is 1. The van der Waals surface area contributed by atoms with E-state index in [2.05, 4.69) is 38.0 Å². The van der Waals surface area contributed by atoms with E-state index in [1.54, 1.807) is 0 Å². The SMILES string of the molecule is CC(C)C(C)(C)CNC(=O)c1ccncc1C(=O)O. The number of amides is 1. The molecule has 5 heteroatoms. The Balaban J connectivity index is 2.83. The lowest BCUT2D eigenvalue weighted by Crippen LogP contribution is -2.37. The molecular weight excluding hydrogens is 244 g/mol. The second kappa shape index (κ2) is 5.82. The smallest absolute Gasteiger partial charge is 0.338 e. The van der Waals surface area contributed by atoms with Gasteiger partial charge in [0.2, 0.25) is 0 Å². The van der Waals surface area contributed by atoms with E-state index >= 15 is 0 Å². The molecule has 2 N–H and O–H groups in total. The molecule has 5 nitrogen and oxygen atoms in total. The Morgan fingerprint density at radius 3 is 2.53 bits per heavy atom. The van der Waals surface area contributed by atoms with Gasteiger partial charge in [-0.25, -0.2) is 4.79 Å². The van der Waals surface area contributed by atoms with Crippen LogP contribution in [0.3, 0.4) is 0 Å². The number of rotatable bonds is 5. The number of hydrogen-bond acceptors (Lipinski definition) is 3. The summed E-state index contributed by atoms with van der Waals surface area (Å²) in [6.45, 7) is 8.78. The Morgan fingerprint density at radius 1 is 1.37 bits per heavy atom. The van der Waals surface area contributed by atoms with Gasteiger partial charge in [0.1, 0.15) is 0 Å². The fourth-order valence-corrected chi connectivity index (χ4v) is 1.37. The Labute approximate surface area is 113 Å². The molecule has 0 saturated carbocycles. The van der Waals surface area contributed by atoms with Crippen LogP contribution in [0.15, 0.2) is 18.5 Å². The maximum Gasteiger partial charge on any atom is 0.338 e. The number of nitrogens with zero attached hydrogens (tertiary/aromatic N) is 1. The number of aromatic carboxylic acids is 1. The second-order valence-electron chi connectivity index (χ2n) is 5.55. The molecule has 1 aromatic heterocycles. The zero-order valence-corrected chi connectivity index (χ0v) is 11.7. The first-order chi connectivity index (χ1) is 8.75. The molecule has 0 aliphatic heterocycles. The molecular formula is C14H20N2O3. The van der Waals surface area contributed by atoms with Gasteiger partial charge in [-0.15, -0.1) is 0 Å². The summed E-state index contributed by atoms with van der Waals surface area (Å²) < 4.78 is 0. The van der Waals surface area contributed by atoms with E-state index in [-0.39, 0.29) is 22.4 Å². The van der Waals surface area contributed by atoms with Crippen LogP contribution >= 0.6 is 0 Å². The predicted molar refractivity (Wildman–Crippen MR) is 72.1 cm³/mol. The van der Waals surface area contributed by atoms with Crippen LogP contribution in [0.5, 0.6) is 0 Å². The molecule has 0 bridgehead atoms. The number of aromatic nitrogens is 1. The summed E-state index contributed by atoms with van der Waals surface area (Å²) >= 11 is 0. The van der Waals surface area contributed by atoms with E-state index in [1.165, 1.54) is 18.5 Å². The molecule has 1 heterocycles. The minimum Gasteiger partial charge on any atom is -0.478 e. The zero-order valence-electron chi connectivity index (χ0n) is 11.7. The summed E-state index contributed by atoms with van der Waals surface area (Å²) in [6, 6.07) is 1.42. The molecule has 0 radical (unpaired) electrons. The van der Waals surface area contributed by atoms with Crippen molar-refractivity contribution in [3.8, 4) is 0 Å². The van der Waals surface area contributed by atoms with Crippen molar-refractivity contribution in [2.45, 2.75) is 27.7 Å². The third kappa shape index (κ3) is 3.77. The maximum absolute atomic E-state index is 12.0. The first-order valence-electron chi connectivity index (χ1n) is 6.21. The minimum atomic E-state index is -1.15. The van der Waals surface area contributed by atoms with E-state index < -0.39 is 5.97 Å². The Morgan fingerprint density at radius 2 is 2.00 bits per heavy atom. The number of hydrogen-bond donors (Lipinski definition) is 2. The molecule has 0 fully saturated rings.